The van der Waals surface area contributed by atoms with Crippen LogP contribution in [0, 0.1) is 12.8 Å². The van der Waals surface area contributed by atoms with Gasteiger partial charge in [0.05, 0.1) is 6.61 Å². The molecule has 1 aliphatic heterocycles. The molecule has 3 nitrogen and oxygen atoms in total. The molecule has 2 unspecified atom stereocenters. The van der Waals surface area contributed by atoms with Gasteiger partial charge in [0.1, 0.15) is 11.9 Å². The van der Waals surface area contributed by atoms with E-state index in [1.165, 1.54) is 17.5 Å². The Hall–Kier alpha value is -1.06. The molecule has 1 aromatic carbocycles. The van der Waals surface area contributed by atoms with E-state index in [1.807, 2.05) is 0 Å². The van der Waals surface area contributed by atoms with Crippen molar-refractivity contribution in [1.29, 1.82) is 0 Å². The summed E-state index contributed by atoms with van der Waals surface area (Å²) >= 11 is 0. The number of hydrogen-bond acceptors (Lipinski definition) is 3. The Morgan fingerprint density at radius 1 is 1.45 bits per heavy atom. The molecule has 1 aromatic rings. The van der Waals surface area contributed by atoms with Gasteiger partial charge in [0, 0.05) is 20.1 Å². The van der Waals surface area contributed by atoms with Crippen LogP contribution < -0.4 is 10.1 Å². The van der Waals surface area contributed by atoms with Gasteiger partial charge < -0.3 is 14.8 Å². The van der Waals surface area contributed by atoms with E-state index in [0.29, 0.717) is 12.0 Å². The van der Waals surface area contributed by atoms with Crippen LogP contribution in [0.3, 0.4) is 0 Å². The normalized spacial score (nSPS) is 18.6. The maximum Gasteiger partial charge on any atom is 0.123 e. The van der Waals surface area contributed by atoms with Crippen LogP contribution in [-0.2, 0) is 11.2 Å². The van der Waals surface area contributed by atoms with Gasteiger partial charge in [-0.15, -0.1) is 0 Å². The van der Waals surface area contributed by atoms with Crippen LogP contribution >= 0.6 is 0 Å². The van der Waals surface area contributed by atoms with Gasteiger partial charge in [-0.1, -0.05) is 24.6 Å². The summed E-state index contributed by atoms with van der Waals surface area (Å²) in [5, 5.41) is 3.42. The first-order valence-electron chi connectivity index (χ1n) is 7.65. The lowest BCUT2D eigenvalue weighted by Crippen LogP contribution is -2.25. The number of rotatable bonds is 8. The smallest absolute Gasteiger partial charge is 0.123 e. The molecule has 1 heterocycles. The molecular weight excluding hydrogens is 250 g/mol. The Labute approximate surface area is 122 Å². The highest BCUT2D eigenvalue weighted by atomic mass is 16.5. The molecule has 0 radical (unpaired) electrons. The Bertz CT molecular complexity index is 419. The molecule has 0 bridgehead atoms. The first-order chi connectivity index (χ1) is 9.69. The molecule has 112 valence electrons. The Kier molecular flexibility index (Phi) is 5.86. The molecule has 1 N–H and O–H groups in total. The second kappa shape index (κ2) is 7.65. The molecule has 3 heteroatoms. The maximum atomic E-state index is 6.01. The Morgan fingerprint density at radius 3 is 3.10 bits per heavy atom. The van der Waals surface area contributed by atoms with Gasteiger partial charge in [0.25, 0.3) is 0 Å². The predicted octanol–water partition coefficient (Wildman–Crippen LogP) is 2.95. The minimum atomic E-state index is 0.369. The number of aryl methyl sites for hydroxylation is 1. The molecule has 2 rings (SSSR count). The number of methoxy groups -OCH3 is 1. The van der Waals surface area contributed by atoms with E-state index >= 15 is 0 Å². The summed E-state index contributed by atoms with van der Waals surface area (Å²) in [4.78, 5) is 0. The second-order valence-corrected chi connectivity index (χ2v) is 5.93. The summed E-state index contributed by atoms with van der Waals surface area (Å²) in [6, 6.07) is 6.50. The van der Waals surface area contributed by atoms with Crippen LogP contribution in [0.15, 0.2) is 18.2 Å². The standard InChI is InChI=1S/C17H27NO2/c1-13-5-7-17-15(10-13)11-16(20-17)6-4-14(2)12-18-8-9-19-3/h5,7,10,14,16,18H,4,6,8-9,11-12H2,1-3H3. The maximum absolute atomic E-state index is 6.01. The largest absolute Gasteiger partial charge is 0.490 e. The second-order valence-electron chi connectivity index (χ2n) is 5.93. The summed E-state index contributed by atoms with van der Waals surface area (Å²) in [6.07, 6.45) is 3.78. The van der Waals surface area contributed by atoms with Gasteiger partial charge >= 0.3 is 0 Å². The van der Waals surface area contributed by atoms with Crippen LogP contribution in [0.25, 0.3) is 0 Å². The molecule has 1 aliphatic rings. The summed E-state index contributed by atoms with van der Waals surface area (Å²) in [5.41, 5.74) is 2.70. The van der Waals surface area contributed by atoms with Crippen molar-refractivity contribution < 1.29 is 9.47 Å². The average molecular weight is 277 g/mol. The lowest BCUT2D eigenvalue weighted by molar-refractivity contribution is 0.194. The van der Waals surface area contributed by atoms with Crippen molar-refractivity contribution in [2.75, 3.05) is 26.8 Å². The number of benzene rings is 1. The van der Waals surface area contributed by atoms with E-state index in [9.17, 15) is 0 Å². The van der Waals surface area contributed by atoms with Crippen LogP contribution in [0.4, 0.5) is 0 Å². The number of nitrogens with one attached hydrogen (secondary N) is 1. The van der Waals surface area contributed by atoms with E-state index in [4.69, 9.17) is 9.47 Å². The summed E-state index contributed by atoms with van der Waals surface area (Å²) in [6.45, 7) is 7.22. The van der Waals surface area contributed by atoms with Crippen molar-refractivity contribution >= 4 is 0 Å². The quantitative estimate of drug-likeness (QED) is 0.741. The van der Waals surface area contributed by atoms with Crippen molar-refractivity contribution in [3.8, 4) is 5.75 Å². The van der Waals surface area contributed by atoms with Gasteiger partial charge in [-0.05, 0) is 43.9 Å². The molecule has 0 aromatic heterocycles. The summed E-state index contributed by atoms with van der Waals surface area (Å²) < 4.78 is 11.0. The van der Waals surface area contributed by atoms with Crippen molar-refractivity contribution in [2.24, 2.45) is 5.92 Å². The van der Waals surface area contributed by atoms with Crippen molar-refractivity contribution in [2.45, 2.75) is 39.2 Å². The Morgan fingerprint density at radius 2 is 2.30 bits per heavy atom. The van der Waals surface area contributed by atoms with Crippen molar-refractivity contribution in [3.63, 3.8) is 0 Å². The molecule has 0 saturated carbocycles. The molecular formula is C17H27NO2. The van der Waals surface area contributed by atoms with Gasteiger partial charge in [-0.2, -0.15) is 0 Å². The first-order valence-corrected chi connectivity index (χ1v) is 7.65. The van der Waals surface area contributed by atoms with E-state index in [0.717, 1.165) is 38.3 Å². The highest BCUT2D eigenvalue weighted by molar-refractivity contribution is 5.40. The van der Waals surface area contributed by atoms with Gasteiger partial charge in [0.2, 0.25) is 0 Å². The minimum Gasteiger partial charge on any atom is -0.490 e. The van der Waals surface area contributed by atoms with E-state index < -0.39 is 0 Å². The minimum absolute atomic E-state index is 0.369. The van der Waals surface area contributed by atoms with Crippen LogP contribution in [-0.4, -0.2) is 32.9 Å². The molecule has 0 aliphatic carbocycles. The molecule has 0 amide bonds. The van der Waals surface area contributed by atoms with Crippen LogP contribution in [0.1, 0.15) is 30.9 Å². The van der Waals surface area contributed by atoms with Crippen molar-refractivity contribution in [3.05, 3.63) is 29.3 Å². The fourth-order valence-electron chi connectivity index (χ4n) is 2.71. The van der Waals surface area contributed by atoms with Crippen molar-refractivity contribution in [1.82, 2.24) is 5.32 Å². The number of hydrogen-bond donors (Lipinski definition) is 1. The van der Waals surface area contributed by atoms with Gasteiger partial charge in [-0.3, -0.25) is 0 Å². The predicted molar refractivity (Wildman–Crippen MR) is 82.4 cm³/mol. The van der Waals surface area contributed by atoms with E-state index in [1.54, 1.807) is 7.11 Å². The molecule has 0 spiro atoms. The zero-order chi connectivity index (χ0) is 14.4. The van der Waals surface area contributed by atoms with E-state index in [2.05, 4.69) is 37.4 Å². The third-order valence-corrected chi connectivity index (χ3v) is 3.91. The van der Waals surface area contributed by atoms with E-state index in [-0.39, 0.29) is 0 Å². The zero-order valence-electron chi connectivity index (χ0n) is 12.9. The molecule has 0 saturated heterocycles. The highest BCUT2D eigenvalue weighted by Crippen LogP contribution is 2.31. The monoisotopic (exact) mass is 277 g/mol. The van der Waals surface area contributed by atoms with Crippen LogP contribution in [0.5, 0.6) is 5.75 Å². The molecule has 0 fully saturated rings. The number of fused-ring (bicyclic) bond motifs is 1. The lowest BCUT2D eigenvalue weighted by Gasteiger charge is -2.15. The fourth-order valence-corrected chi connectivity index (χ4v) is 2.71. The third-order valence-electron chi connectivity index (χ3n) is 3.91. The van der Waals surface area contributed by atoms with Gasteiger partial charge in [0.15, 0.2) is 0 Å². The fraction of sp³-hybridized carbons (Fsp3) is 0.647. The molecule has 2 atom stereocenters. The highest BCUT2D eigenvalue weighted by Gasteiger charge is 2.22. The van der Waals surface area contributed by atoms with Crippen LogP contribution in [0.2, 0.25) is 0 Å². The summed E-state index contributed by atoms with van der Waals surface area (Å²) in [7, 11) is 1.74. The van der Waals surface area contributed by atoms with Gasteiger partial charge in [-0.25, -0.2) is 0 Å². The molecule has 20 heavy (non-hydrogen) atoms. The summed E-state index contributed by atoms with van der Waals surface area (Å²) in [5.74, 6) is 1.77. The third kappa shape index (κ3) is 4.50. The average Bonchev–Trinajstić information content (AvgIpc) is 2.83. The topological polar surface area (TPSA) is 30.5 Å². The lowest BCUT2D eigenvalue weighted by atomic mass is 9.99. The number of ether oxygens (including phenoxy) is 2. The first kappa shape index (κ1) is 15.3. The zero-order valence-corrected chi connectivity index (χ0v) is 12.9. The SMILES string of the molecule is COCCNCC(C)CCC1Cc2cc(C)ccc2O1. The Balaban J connectivity index is 1.66.